The molecule has 110 valence electrons. The number of halogens is 2. The molecular formula is C13H8ClFNO4S-. The van der Waals surface area contributed by atoms with Crippen molar-refractivity contribution >= 4 is 33.3 Å². The van der Waals surface area contributed by atoms with Gasteiger partial charge in [0.1, 0.15) is 5.82 Å². The van der Waals surface area contributed by atoms with Crippen molar-refractivity contribution in [2.45, 2.75) is 4.90 Å². The van der Waals surface area contributed by atoms with Crippen LogP contribution in [0.25, 0.3) is 0 Å². The maximum Gasteiger partial charge on any atom is 0.261 e. The van der Waals surface area contributed by atoms with E-state index < -0.39 is 27.4 Å². The molecule has 0 aliphatic heterocycles. The van der Waals surface area contributed by atoms with Crippen molar-refractivity contribution in [1.82, 2.24) is 0 Å². The summed E-state index contributed by atoms with van der Waals surface area (Å²) in [5.74, 6) is -2.09. The lowest BCUT2D eigenvalue weighted by atomic mass is 10.2. The molecule has 0 spiro atoms. The number of hydrogen-bond acceptors (Lipinski definition) is 4. The summed E-state index contributed by atoms with van der Waals surface area (Å²) in [5, 5.41) is 10.7. The summed E-state index contributed by atoms with van der Waals surface area (Å²) in [4.78, 5) is 10.5. The number of hydrogen-bond donors (Lipinski definition) is 1. The molecule has 0 amide bonds. The Morgan fingerprint density at radius 1 is 1.14 bits per heavy atom. The van der Waals surface area contributed by atoms with Crippen molar-refractivity contribution in [3.63, 3.8) is 0 Å². The SMILES string of the molecule is O=C([O-])c1cc(S(=O)(=O)Nc2ccc(F)cc2)ccc1Cl. The Kier molecular flexibility index (Phi) is 4.15. The lowest BCUT2D eigenvalue weighted by Crippen LogP contribution is -2.23. The monoisotopic (exact) mass is 328 g/mol. The largest absolute Gasteiger partial charge is 0.545 e. The third kappa shape index (κ3) is 3.50. The van der Waals surface area contributed by atoms with Crippen LogP contribution in [0, 0.1) is 5.82 Å². The Bertz CT molecular complexity index is 790. The summed E-state index contributed by atoms with van der Waals surface area (Å²) in [7, 11) is -4.02. The van der Waals surface area contributed by atoms with Gasteiger partial charge in [-0.25, -0.2) is 12.8 Å². The van der Waals surface area contributed by atoms with Crippen LogP contribution in [-0.4, -0.2) is 14.4 Å². The summed E-state index contributed by atoms with van der Waals surface area (Å²) < 4.78 is 39.2. The Labute approximate surface area is 125 Å². The highest BCUT2D eigenvalue weighted by molar-refractivity contribution is 7.92. The van der Waals surface area contributed by atoms with Crippen molar-refractivity contribution in [3.05, 3.63) is 58.9 Å². The molecular weight excluding hydrogens is 321 g/mol. The number of carboxylic acids is 1. The molecule has 0 atom stereocenters. The topological polar surface area (TPSA) is 86.3 Å². The van der Waals surface area contributed by atoms with Crippen LogP contribution < -0.4 is 9.83 Å². The summed E-state index contributed by atoms with van der Waals surface area (Å²) in [6, 6.07) is 7.85. The van der Waals surface area contributed by atoms with E-state index in [1.54, 1.807) is 0 Å². The minimum Gasteiger partial charge on any atom is -0.545 e. The van der Waals surface area contributed by atoms with E-state index in [0.29, 0.717) is 0 Å². The fraction of sp³-hybridized carbons (Fsp3) is 0. The van der Waals surface area contributed by atoms with Crippen LogP contribution >= 0.6 is 11.6 Å². The van der Waals surface area contributed by atoms with Gasteiger partial charge in [0.15, 0.2) is 0 Å². The molecule has 0 saturated carbocycles. The van der Waals surface area contributed by atoms with E-state index in [-0.39, 0.29) is 15.6 Å². The zero-order valence-corrected chi connectivity index (χ0v) is 11.9. The molecule has 2 aromatic carbocycles. The first-order valence-corrected chi connectivity index (χ1v) is 7.45. The Hall–Kier alpha value is -2.12. The van der Waals surface area contributed by atoms with Crippen molar-refractivity contribution < 1.29 is 22.7 Å². The van der Waals surface area contributed by atoms with Gasteiger partial charge in [-0.3, -0.25) is 4.72 Å². The maximum absolute atomic E-state index is 12.8. The molecule has 0 aliphatic rings. The van der Waals surface area contributed by atoms with Gasteiger partial charge in [0, 0.05) is 16.3 Å². The molecule has 8 heteroatoms. The zero-order chi connectivity index (χ0) is 15.6. The Morgan fingerprint density at radius 3 is 2.33 bits per heavy atom. The number of benzene rings is 2. The van der Waals surface area contributed by atoms with Gasteiger partial charge in [-0.05, 0) is 42.5 Å². The van der Waals surface area contributed by atoms with Gasteiger partial charge >= 0.3 is 0 Å². The van der Waals surface area contributed by atoms with E-state index in [4.69, 9.17) is 11.6 Å². The third-order valence-corrected chi connectivity index (χ3v) is 4.27. The first-order valence-electron chi connectivity index (χ1n) is 5.59. The standard InChI is InChI=1S/C13H9ClFNO4S/c14-12-6-5-10(7-11(12)13(17)18)21(19,20)16-9-3-1-8(15)2-4-9/h1-7,16H,(H,17,18)/p-1. The van der Waals surface area contributed by atoms with Gasteiger partial charge in [-0.15, -0.1) is 0 Å². The van der Waals surface area contributed by atoms with Gasteiger partial charge in [-0.2, -0.15) is 0 Å². The first kappa shape index (κ1) is 15.3. The number of carboxylic acid groups (broad SMARTS) is 1. The summed E-state index contributed by atoms with van der Waals surface area (Å²) in [5.41, 5.74) is -0.292. The molecule has 0 heterocycles. The smallest absolute Gasteiger partial charge is 0.261 e. The lowest BCUT2D eigenvalue weighted by molar-refractivity contribution is -0.255. The van der Waals surface area contributed by atoms with E-state index in [9.17, 15) is 22.7 Å². The van der Waals surface area contributed by atoms with Gasteiger partial charge in [-0.1, -0.05) is 11.6 Å². The van der Waals surface area contributed by atoms with Crippen LogP contribution in [0.5, 0.6) is 0 Å². The Balaban J connectivity index is 2.38. The van der Waals surface area contributed by atoms with Gasteiger partial charge < -0.3 is 9.90 Å². The molecule has 0 saturated heterocycles. The highest BCUT2D eigenvalue weighted by Crippen LogP contribution is 2.22. The van der Waals surface area contributed by atoms with E-state index in [0.717, 1.165) is 30.3 Å². The molecule has 5 nitrogen and oxygen atoms in total. The van der Waals surface area contributed by atoms with Crippen molar-refractivity contribution in [2.75, 3.05) is 4.72 Å². The third-order valence-electron chi connectivity index (χ3n) is 2.56. The van der Waals surface area contributed by atoms with Crippen molar-refractivity contribution in [3.8, 4) is 0 Å². The lowest BCUT2D eigenvalue weighted by Gasteiger charge is -2.11. The molecule has 0 bridgehead atoms. The van der Waals surface area contributed by atoms with E-state index in [2.05, 4.69) is 4.72 Å². The normalized spacial score (nSPS) is 11.1. The van der Waals surface area contributed by atoms with Crippen molar-refractivity contribution in [1.29, 1.82) is 0 Å². The minimum absolute atomic E-state index is 0.129. The van der Waals surface area contributed by atoms with Crippen LogP contribution in [0.3, 0.4) is 0 Å². The highest BCUT2D eigenvalue weighted by atomic mass is 35.5. The fourth-order valence-corrected chi connectivity index (χ4v) is 2.84. The van der Waals surface area contributed by atoms with Gasteiger partial charge in [0.2, 0.25) is 0 Å². The number of nitrogens with one attached hydrogen (secondary N) is 1. The molecule has 2 rings (SSSR count). The first-order chi connectivity index (χ1) is 9.79. The predicted octanol–water partition coefficient (Wildman–Crippen LogP) is 1.64. The summed E-state index contributed by atoms with van der Waals surface area (Å²) in [6.45, 7) is 0. The molecule has 1 N–H and O–H groups in total. The van der Waals surface area contributed by atoms with Gasteiger partial charge in [0.05, 0.1) is 10.9 Å². The molecule has 0 aromatic heterocycles. The zero-order valence-electron chi connectivity index (χ0n) is 10.3. The number of anilines is 1. The highest BCUT2D eigenvalue weighted by Gasteiger charge is 2.16. The quantitative estimate of drug-likeness (QED) is 0.924. The number of aromatic carboxylic acids is 1. The minimum atomic E-state index is -4.02. The number of carbonyl (C=O) groups is 1. The van der Waals surface area contributed by atoms with Crippen LogP contribution in [0.1, 0.15) is 10.4 Å². The number of rotatable bonds is 4. The van der Waals surface area contributed by atoms with Crippen LogP contribution in [0.2, 0.25) is 5.02 Å². The molecule has 0 unspecified atom stereocenters. The second-order valence-corrected chi connectivity index (χ2v) is 6.13. The predicted molar refractivity (Wildman–Crippen MR) is 73.0 cm³/mol. The number of carbonyl (C=O) groups excluding carboxylic acids is 1. The molecule has 0 radical (unpaired) electrons. The van der Waals surface area contributed by atoms with Crippen molar-refractivity contribution in [2.24, 2.45) is 0 Å². The average molecular weight is 329 g/mol. The fourth-order valence-electron chi connectivity index (χ4n) is 1.56. The van der Waals surface area contributed by atoms with Crippen LogP contribution in [0.4, 0.5) is 10.1 Å². The van der Waals surface area contributed by atoms with Crippen LogP contribution in [-0.2, 0) is 10.0 Å². The maximum atomic E-state index is 12.8. The van der Waals surface area contributed by atoms with E-state index in [1.807, 2.05) is 0 Å². The van der Waals surface area contributed by atoms with Gasteiger partial charge in [0.25, 0.3) is 10.0 Å². The molecule has 21 heavy (non-hydrogen) atoms. The summed E-state index contributed by atoms with van der Waals surface area (Å²) in [6.07, 6.45) is 0. The van der Waals surface area contributed by atoms with E-state index in [1.165, 1.54) is 12.1 Å². The number of sulfonamides is 1. The average Bonchev–Trinajstić information content (AvgIpc) is 2.41. The molecule has 2 aromatic rings. The second-order valence-electron chi connectivity index (χ2n) is 4.04. The Morgan fingerprint density at radius 2 is 1.76 bits per heavy atom. The molecule has 0 aliphatic carbocycles. The second kappa shape index (κ2) is 5.71. The van der Waals surface area contributed by atoms with Crippen LogP contribution in [0.15, 0.2) is 47.4 Å². The molecule has 0 fully saturated rings. The summed E-state index contributed by atoms with van der Waals surface area (Å²) >= 11 is 5.64. The van der Waals surface area contributed by atoms with E-state index >= 15 is 0 Å².